The van der Waals surface area contributed by atoms with E-state index in [1.54, 1.807) is 13.8 Å². The van der Waals surface area contributed by atoms with Gasteiger partial charge in [-0.25, -0.2) is 17.5 Å². The summed E-state index contributed by atoms with van der Waals surface area (Å²) in [5.41, 5.74) is 0.459. The molecule has 0 fully saturated rings. The maximum absolute atomic E-state index is 13.5. The van der Waals surface area contributed by atoms with Crippen LogP contribution in [0.5, 0.6) is 0 Å². The predicted molar refractivity (Wildman–Crippen MR) is 80.7 cm³/mol. The van der Waals surface area contributed by atoms with Crippen molar-refractivity contribution in [3.8, 4) is 5.69 Å². The molecule has 21 heavy (non-hydrogen) atoms. The fourth-order valence-corrected chi connectivity index (χ4v) is 3.83. The Balaban J connectivity index is 2.74. The van der Waals surface area contributed by atoms with Gasteiger partial charge in [0.2, 0.25) is 0 Å². The number of benzene rings is 1. The quantitative estimate of drug-likeness (QED) is 0.753. The zero-order valence-corrected chi connectivity index (χ0v) is 14.0. The van der Waals surface area contributed by atoms with E-state index in [1.165, 1.54) is 12.1 Å². The number of hydrogen-bond donors (Lipinski definition) is 0. The molecule has 0 spiro atoms. The molecule has 0 amide bonds. The van der Waals surface area contributed by atoms with E-state index in [1.807, 2.05) is 0 Å². The van der Waals surface area contributed by atoms with Crippen molar-refractivity contribution in [3.05, 3.63) is 39.9 Å². The lowest BCUT2D eigenvalue weighted by Crippen LogP contribution is -1.99. The molecule has 0 saturated carbocycles. The molecule has 0 unspecified atom stereocenters. The third-order valence-corrected chi connectivity index (χ3v) is 4.87. The summed E-state index contributed by atoms with van der Waals surface area (Å²) in [6, 6.07) is 3.91. The fraction of sp³-hybridized carbons (Fsp3) is 0.250. The topological polar surface area (TPSA) is 52.0 Å². The van der Waals surface area contributed by atoms with E-state index < -0.39 is 14.9 Å². The highest BCUT2D eigenvalue weighted by atomic mass is 35.7. The molecular weight excluding hydrogens is 362 g/mol. The molecule has 1 aromatic heterocycles. The van der Waals surface area contributed by atoms with Crippen LogP contribution in [-0.4, -0.2) is 18.2 Å². The summed E-state index contributed by atoms with van der Waals surface area (Å²) in [4.78, 5) is -0.267. The van der Waals surface area contributed by atoms with Crippen molar-refractivity contribution < 1.29 is 12.8 Å². The summed E-state index contributed by atoms with van der Waals surface area (Å²) in [5.74, 6) is -0.897. The van der Waals surface area contributed by atoms with Gasteiger partial charge < -0.3 is 0 Å². The minimum atomic E-state index is -4.08. The lowest BCUT2D eigenvalue weighted by Gasteiger charge is -2.04. The third kappa shape index (κ3) is 3.18. The van der Waals surface area contributed by atoms with Crippen LogP contribution in [0.2, 0.25) is 10.2 Å². The maximum Gasteiger partial charge on any atom is 0.266 e. The molecule has 0 radical (unpaired) electrons. The van der Waals surface area contributed by atoms with Crippen LogP contribution >= 0.6 is 33.9 Å². The molecular formula is C12H10Cl3FN2O2S. The van der Waals surface area contributed by atoms with E-state index in [2.05, 4.69) is 5.10 Å². The molecule has 0 aliphatic heterocycles. The maximum atomic E-state index is 13.5. The second kappa shape index (κ2) is 5.76. The molecule has 1 heterocycles. The summed E-state index contributed by atoms with van der Waals surface area (Å²) in [5, 5.41) is 3.87. The van der Waals surface area contributed by atoms with Crippen molar-refractivity contribution in [2.45, 2.75) is 24.7 Å². The highest BCUT2D eigenvalue weighted by Gasteiger charge is 2.28. The van der Waals surface area contributed by atoms with Crippen LogP contribution in [0.1, 0.15) is 25.5 Å². The normalized spacial score (nSPS) is 12.1. The van der Waals surface area contributed by atoms with Gasteiger partial charge in [-0.3, -0.25) is 0 Å². The molecule has 0 bridgehead atoms. The van der Waals surface area contributed by atoms with E-state index in [0.717, 1.165) is 10.7 Å². The van der Waals surface area contributed by atoms with Gasteiger partial charge in [-0.05, 0) is 18.1 Å². The first-order valence-corrected chi connectivity index (χ1v) is 8.88. The first kappa shape index (κ1) is 16.5. The molecule has 4 nitrogen and oxygen atoms in total. The van der Waals surface area contributed by atoms with Crippen molar-refractivity contribution in [2.24, 2.45) is 0 Å². The van der Waals surface area contributed by atoms with E-state index in [-0.39, 0.29) is 32.4 Å². The van der Waals surface area contributed by atoms with Crippen molar-refractivity contribution in [1.82, 2.24) is 9.78 Å². The summed E-state index contributed by atoms with van der Waals surface area (Å²) in [7, 11) is 1.33. The second-order valence-electron chi connectivity index (χ2n) is 4.61. The number of nitrogens with zero attached hydrogens (tertiary/aromatic N) is 2. The standard InChI is InChI=1S/C12H10Cl3FN2O2S/c1-6(2)10-11(21(15,19)20)12(14)18(17-10)7-3-4-8(13)9(16)5-7/h3-6H,1-2H3. The van der Waals surface area contributed by atoms with Gasteiger partial charge >= 0.3 is 0 Å². The molecule has 1 aromatic carbocycles. The SMILES string of the molecule is CC(C)c1nn(-c2ccc(Cl)c(F)c2)c(Cl)c1S(=O)(=O)Cl. The van der Waals surface area contributed by atoms with Gasteiger partial charge in [0, 0.05) is 16.7 Å². The Kier molecular flexibility index (Phi) is 4.54. The van der Waals surface area contributed by atoms with Crippen molar-refractivity contribution in [1.29, 1.82) is 0 Å². The number of hydrogen-bond acceptors (Lipinski definition) is 3. The smallest absolute Gasteiger partial charge is 0.220 e. The average molecular weight is 372 g/mol. The molecule has 0 saturated heterocycles. The Bertz CT molecular complexity index is 803. The van der Waals surface area contributed by atoms with Crippen LogP contribution in [0.4, 0.5) is 4.39 Å². The Morgan fingerprint density at radius 3 is 2.33 bits per heavy atom. The monoisotopic (exact) mass is 370 g/mol. The van der Waals surface area contributed by atoms with Gasteiger partial charge in [0.25, 0.3) is 9.05 Å². The van der Waals surface area contributed by atoms with Crippen LogP contribution in [0.15, 0.2) is 23.1 Å². The Labute approximate surface area is 135 Å². The summed E-state index contributed by atoms with van der Waals surface area (Å²) in [6.45, 7) is 3.49. The molecule has 2 aromatic rings. The minimum Gasteiger partial charge on any atom is -0.220 e. The summed E-state index contributed by atoms with van der Waals surface area (Å²) < 4.78 is 38.0. The van der Waals surface area contributed by atoms with E-state index in [9.17, 15) is 12.8 Å². The van der Waals surface area contributed by atoms with Gasteiger partial charge in [-0.15, -0.1) is 0 Å². The van der Waals surface area contributed by atoms with E-state index >= 15 is 0 Å². The van der Waals surface area contributed by atoms with Crippen LogP contribution in [-0.2, 0) is 9.05 Å². The van der Waals surface area contributed by atoms with Gasteiger partial charge in [0.1, 0.15) is 10.7 Å². The fourth-order valence-electron chi connectivity index (χ4n) is 1.79. The van der Waals surface area contributed by atoms with Crippen LogP contribution < -0.4 is 0 Å². The lowest BCUT2D eigenvalue weighted by atomic mass is 10.1. The Hall–Kier alpha value is -0.820. The molecule has 0 atom stereocenters. The molecule has 9 heteroatoms. The van der Waals surface area contributed by atoms with Crippen molar-refractivity contribution in [3.63, 3.8) is 0 Å². The first-order chi connectivity index (χ1) is 9.62. The Morgan fingerprint density at radius 1 is 1.29 bits per heavy atom. The van der Waals surface area contributed by atoms with Crippen molar-refractivity contribution >= 4 is 42.9 Å². The van der Waals surface area contributed by atoms with E-state index in [0.29, 0.717) is 0 Å². The molecule has 114 valence electrons. The zero-order chi connectivity index (χ0) is 15.9. The highest BCUT2D eigenvalue weighted by molar-refractivity contribution is 8.13. The zero-order valence-electron chi connectivity index (χ0n) is 10.9. The number of rotatable bonds is 3. The van der Waals surface area contributed by atoms with Gasteiger partial charge in [0.05, 0.1) is 16.4 Å². The van der Waals surface area contributed by atoms with Gasteiger partial charge in [-0.2, -0.15) is 5.10 Å². The lowest BCUT2D eigenvalue weighted by molar-refractivity contribution is 0.607. The largest absolute Gasteiger partial charge is 0.266 e. The molecule has 0 aliphatic rings. The third-order valence-electron chi connectivity index (χ3n) is 2.75. The predicted octanol–water partition coefficient (Wildman–Crippen LogP) is 4.37. The summed E-state index contributed by atoms with van der Waals surface area (Å²) in [6.07, 6.45) is 0. The Morgan fingerprint density at radius 2 is 1.90 bits per heavy atom. The van der Waals surface area contributed by atoms with Crippen LogP contribution in [0, 0.1) is 5.82 Å². The van der Waals surface area contributed by atoms with E-state index in [4.69, 9.17) is 33.9 Å². The summed E-state index contributed by atoms with van der Waals surface area (Å²) >= 11 is 11.7. The van der Waals surface area contributed by atoms with Crippen molar-refractivity contribution in [2.75, 3.05) is 0 Å². The minimum absolute atomic E-state index is 0.0590. The molecule has 0 aliphatic carbocycles. The van der Waals surface area contributed by atoms with Crippen LogP contribution in [0.3, 0.4) is 0 Å². The first-order valence-electron chi connectivity index (χ1n) is 5.81. The second-order valence-corrected chi connectivity index (χ2v) is 7.88. The van der Waals surface area contributed by atoms with Gasteiger partial charge in [0.15, 0.2) is 5.15 Å². The molecule has 2 rings (SSSR count). The highest BCUT2D eigenvalue weighted by Crippen LogP contribution is 2.34. The van der Waals surface area contributed by atoms with Crippen LogP contribution in [0.25, 0.3) is 5.69 Å². The molecule has 0 N–H and O–H groups in total. The number of aromatic nitrogens is 2. The van der Waals surface area contributed by atoms with Gasteiger partial charge in [-0.1, -0.05) is 37.0 Å². The average Bonchev–Trinajstić information content (AvgIpc) is 2.70. The number of halogens is 4.